The summed E-state index contributed by atoms with van der Waals surface area (Å²) in [5.74, 6) is 0.697. The van der Waals surface area contributed by atoms with Crippen LogP contribution in [0.5, 0.6) is 0 Å². The first-order valence-corrected chi connectivity index (χ1v) is 7.79. The summed E-state index contributed by atoms with van der Waals surface area (Å²) in [6.07, 6.45) is 3.67. The van der Waals surface area contributed by atoms with Gasteiger partial charge < -0.3 is 10.6 Å². The minimum atomic E-state index is -0.584. The standard InChI is InChI=1S/C16H23N3O3/c1-2-12-7-9-18(10-8-12)16(20)15(17)11-13-3-5-14(6-4-13)19(21)22/h3-6,12,15H,2,7-11,17H2,1H3. The number of hydrogen-bond donors (Lipinski definition) is 1. The molecule has 1 fully saturated rings. The number of nitro benzene ring substituents is 1. The van der Waals surface area contributed by atoms with Crippen molar-refractivity contribution < 1.29 is 9.72 Å². The molecule has 0 saturated carbocycles. The van der Waals surface area contributed by atoms with E-state index in [2.05, 4.69) is 6.92 Å². The van der Waals surface area contributed by atoms with E-state index in [0.29, 0.717) is 6.42 Å². The molecule has 1 atom stereocenters. The lowest BCUT2D eigenvalue weighted by atomic mass is 9.94. The second kappa shape index (κ2) is 7.35. The van der Waals surface area contributed by atoms with Crippen molar-refractivity contribution in [1.82, 2.24) is 4.90 Å². The summed E-state index contributed by atoms with van der Waals surface area (Å²) in [7, 11) is 0. The number of amides is 1. The summed E-state index contributed by atoms with van der Waals surface area (Å²) in [6.45, 7) is 3.75. The fraction of sp³-hybridized carbons (Fsp3) is 0.562. The second-order valence-electron chi connectivity index (χ2n) is 5.91. The summed E-state index contributed by atoms with van der Waals surface area (Å²) >= 11 is 0. The van der Waals surface area contributed by atoms with Gasteiger partial charge >= 0.3 is 0 Å². The van der Waals surface area contributed by atoms with Crippen LogP contribution in [0.1, 0.15) is 31.7 Å². The molecule has 6 nitrogen and oxygen atoms in total. The Hall–Kier alpha value is -1.95. The largest absolute Gasteiger partial charge is 0.341 e. The van der Waals surface area contributed by atoms with Crippen molar-refractivity contribution in [2.75, 3.05) is 13.1 Å². The smallest absolute Gasteiger partial charge is 0.269 e. The number of nitro groups is 1. The molecule has 22 heavy (non-hydrogen) atoms. The minimum Gasteiger partial charge on any atom is -0.341 e. The predicted molar refractivity (Wildman–Crippen MR) is 84.4 cm³/mol. The van der Waals surface area contributed by atoms with Crippen LogP contribution >= 0.6 is 0 Å². The summed E-state index contributed by atoms with van der Waals surface area (Å²) in [5.41, 5.74) is 6.91. The van der Waals surface area contributed by atoms with Gasteiger partial charge in [0.25, 0.3) is 5.69 Å². The Bertz CT molecular complexity index is 522. The molecule has 1 amide bonds. The number of piperidine rings is 1. The average Bonchev–Trinajstić information content (AvgIpc) is 2.54. The fourth-order valence-electron chi connectivity index (χ4n) is 2.89. The molecule has 1 saturated heterocycles. The van der Waals surface area contributed by atoms with E-state index >= 15 is 0 Å². The van der Waals surface area contributed by atoms with Crippen LogP contribution in [0.3, 0.4) is 0 Å². The van der Waals surface area contributed by atoms with Gasteiger partial charge in [-0.25, -0.2) is 0 Å². The van der Waals surface area contributed by atoms with Gasteiger partial charge in [0.05, 0.1) is 11.0 Å². The van der Waals surface area contributed by atoms with Gasteiger partial charge in [-0.15, -0.1) is 0 Å². The number of non-ortho nitro benzene ring substituents is 1. The molecule has 0 bridgehead atoms. The normalized spacial score (nSPS) is 17.3. The van der Waals surface area contributed by atoms with Crippen LogP contribution in [-0.4, -0.2) is 34.9 Å². The van der Waals surface area contributed by atoms with Crippen LogP contribution in [0.4, 0.5) is 5.69 Å². The van der Waals surface area contributed by atoms with E-state index in [-0.39, 0.29) is 11.6 Å². The second-order valence-corrected chi connectivity index (χ2v) is 5.91. The van der Waals surface area contributed by atoms with E-state index in [0.717, 1.165) is 43.8 Å². The topological polar surface area (TPSA) is 89.5 Å². The first-order chi connectivity index (χ1) is 10.5. The zero-order chi connectivity index (χ0) is 16.1. The lowest BCUT2D eigenvalue weighted by molar-refractivity contribution is -0.384. The van der Waals surface area contributed by atoms with E-state index in [9.17, 15) is 14.9 Å². The molecule has 0 aromatic heterocycles. The van der Waals surface area contributed by atoms with Gasteiger partial charge in [0.2, 0.25) is 5.91 Å². The van der Waals surface area contributed by atoms with Crippen LogP contribution in [-0.2, 0) is 11.2 Å². The Kier molecular flexibility index (Phi) is 5.49. The number of nitrogens with zero attached hydrogens (tertiary/aromatic N) is 2. The van der Waals surface area contributed by atoms with Gasteiger partial charge in [0, 0.05) is 25.2 Å². The highest BCUT2D eigenvalue weighted by Gasteiger charge is 2.25. The predicted octanol–water partition coefficient (Wildman–Crippen LogP) is 2.11. The maximum Gasteiger partial charge on any atom is 0.269 e. The van der Waals surface area contributed by atoms with E-state index in [4.69, 9.17) is 5.73 Å². The van der Waals surface area contributed by atoms with Crippen molar-refractivity contribution in [1.29, 1.82) is 0 Å². The SMILES string of the molecule is CCC1CCN(C(=O)C(N)Cc2ccc([N+](=O)[O-])cc2)CC1. The van der Waals surface area contributed by atoms with E-state index < -0.39 is 11.0 Å². The molecule has 0 radical (unpaired) electrons. The Morgan fingerprint density at radius 3 is 2.45 bits per heavy atom. The quantitative estimate of drug-likeness (QED) is 0.666. The van der Waals surface area contributed by atoms with Gasteiger partial charge in [-0.2, -0.15) is 0 Å². The Morgan fingerprint density at radius 2 is 1.95 bits per heavy atom. The summed E-state index contributed by atoms with van der Waals surface area (Å²) in [6, 6.07) is 5.63. The zero-order valence-corrected chi connectivity index (χ0v) is 12.9. The number of rotatable bonds is 5. The van der Waals surface area contributed by atoms with Crippen molar-refractivity contribution in [3.8, 4) is 0 Å². The van der Waals surface area contributed by atoms with Gasteiger partial charge in [-0.05, 0) is 30.7 Å². The lowest BCUT2D eigenvalue weighted by Gasteiger charge is -2.33. The van der Waals surface area contributed by atoms with E-state index in [1.54, 1.807) is 12.1 Å². The molecule has 1 unspecified atom stereocenters. The number of carbonyl (C=O) groups is 1. The van der Waals surface area contributed by atoms with Crippen LogP contribution in [0.15, 0.2) is 24.3 Å². The number of likely N-dealkylation sites (tertiary alicyclic amines) is 1. The number of nitrogens with two attached hydrogens (primary N) is 1. The van der Waals surface area contributed by atoms with Gasteiger partial charge in [-0.3, -0.25) is 14.9 Å². The highest BCUT2D eigenvalue weighted by Crippen LogP contribution is 2.21. The van der Waals surface area contributed by atoms with Crippen molar-refractivity contribution in [3.05, 3.63) is 39.9 Å². The molecule has 0 spiro atoms. The molecule has 6 heteroatoms. The number of carbonyl (C=O) groups excluding carboxylic acids is 1. The monoisotopic (exact) mass is 305 g/mol. The molecule has 1 aliphatic heterocycles. The average molecular weight is 305 g/mol. The molecule has 0 aliphatic carbocycles. The summed E-state index contributed by atoms with van der Waals surface area (Å²) in [5, 5.41) is 10.6. The first kappa shape index (κ1) is 16.4. The molecule has 1 heterocycles. The maximum absolute atomic E-state index is 12.4. The number of benzene rings is 1. The Labute approximate surface area is 130 Å². The number of hydrogen-bond acceptors (Lipinski definition) is 4. The Balaban J connectivity index is 1.89. The lowest BCUT2D eigenvalue weighted by Crippen LogP contribution is -2.48. The molecular formula is C16H23N3O3. The zero-order valence-electron chi connectivity index (χ0n) is 12.9. The molecule has 1 aromatic carbocycles. The highest BCUT2D eigenvalue weighted by atomic mass is 16.6. The maximum atomic E-state index is 12.4. The molecule has 120 valence electrons. The van der Waals surface area contributed by atoms with E-state index in [1.807, 2.05) is 4.90 Å². The van der Waals surface area contributed by atoms with E-state index in [1.165, 1.54) is 12.1 Å². The van der Waals surface area contributed by atoms with Gasteiger partial charge in [-0.1, -0.05) is 25.5 Å². The van der Waals surface area contributed by atoms with Crippen LogP contribution in [0.25, 0.3) is 0 Å². The van der Waals surface area contributed by atoms with Crippen molar-refractivity contribution in [2.45, 2.75) is 38.6 Å². The third kappa shape index (κ3) is 4.04. The van der Waals surface area contributed by atoms with Crippen molar-refractivity contribution in [2.24, 2.45) is 11.7 Å². The summed E-state index contributed by atoms with van der Waals surface area (Å²) < 4.78 is 0. The van der Waals surface area contributed by atoms with Crippen molar-refractivity contribution in [3.63, 3.8) is 0 Å². The van der Waals surface area contributed by atoms with Gasteiger partial charge in [0.15, 0.2) is 0 Å². The molecule has 1 aromatic rings. The fourth-order valence-corrected chi connectivity index (χ4v) is 2.89. The third-order valence-corrected chi connectivity index (χ3v) is 4.42. The molecule has 2 rings (SSSR count). The van der Waals surface area contributed by atoms with Crippen LogP contribution < -0.4 is 5.73 Å². The van der Waals surface area contributed by atoms with Crippen LogP contribution in [0, 0.1) is 16.0 Å². The van der Waals surface area contributed by atoms with Crippen LogP contribution in [0.2, 0.25) is 0 Å². The van der Waals surface area contributed by atoms with Crippen molar-refractivity contribution >= 4 is 11.6 Å². The first-order valence-electron chi connectivity index (χ1n) is 7.79. The highest BCUT2D eigenvalue weighted by molar-refractivity contribution is 5.82. The third-order valence-electron chi connectivity index (χ3n) is 4.42. The molecule has 2 N–H and O–H groups in total. The molecular weight excluding hydrogens is 282 g/mol. The van der Waals surface area contributed by atoms with Gasteiger partial charge in [0.1, 0.15) is 0 Å². The minimum absolute atomic E-state index is 0.0205. The Morgan fingerprint density at radius 1 is 1.36 bits per heavy atom. The molecule has 1 aliphatic rings. The summed E-state index contributed by atoms with van der Waals surface area (Å²) in [4.78, 5) is 24.4.